The monoisotopic (exact) mass is 214 g/mol. The van der Waals surface area contributed by atoms with Crippen molar-refractivity contribution in [2.24, 2.45) is 0 Å². The number of carboxylic acid groups (broad SMARTS) is 1. The maximum Gasteiger partial charge on any atom is 0.343 e. The van der Waals surface area contributed by atoms with E-state index >= 15 is 0 Å². The summed E-state index contributed by atoms with van der Waals surface area (Å²) in [4.78, 5) is 10.3. The van der Waals surface area contributed by atoms with Crippen LogP contribution in [0.5, 0.6) is 0 Å². The van der Waals surface area contributed by atoms with Crippen LogP contribution < -0.4 is 0 Å². The third-order valence-corrected chi connectivity index (χ3v) is 1.47. The Morgan fingerprint density at radius 3 is 2.38 bits per heavy atom. The molecule has 0 aliphatic heterocycles. The number of rotatable bonds is 2. The van der Waals surface area contributed by atoms with Gasteiger partial charge in [0.05, 0.1) is 0 Å². The number of carbonyl (C=O) groups is 1. The highest BCUT2D eigenvalue weighted by Crippen LogP contribution is 2.22. The highest BCUT2D eigenvalue weighted by Gasteiger charge is 2.26. The maximum atomic E-state index is 12.8. The van der Waals surface area contributed by atoms with Gasteiger partial charge in [0.15, 0.2) is 10.7 Å². The van der Waals surface area contributed by atoms with E-state index in [4.69, 9.17) is 16.7 Å². The van der Waals surface area contributed by atoms with Crippen molar-refractivity contribution in [1.82, 2.24) is 9.78 Å². The molecule has 0 aliphatic rings. The van der Waals surface area contributed by atoms with Crippen LogP contribution in [0, 0.1) is 5.95 Å². The second-order valence-electron chi connectivity index (χ2n) is 1.98. The Hall–Kier alpha value is -1.24. The average molecular weight is 215 g/mol. The largest absolute Gasteiger partial charge is 0.477 e. The molecule has 0 aromatic carbocycles. The molecule has 4 nitrogen and oxygen atoms in total. The van der Waals surface area contributed by atoms with Crippen LogP contribution in [-0.2, 0) is 0 Å². The molecular weight excluding hydrogens is 213 g/mol. The normalized spacial score (nSPS) is 10.8. The van der Waals surface area contributed by atoms with E-state index in [1.54, 1.807) is 0 Å². The fourth-order valence-electron chi connectivity index (χ4n) is 0.694. The molecule has 1 heterocycles. The van der Waals surface area contributed by atoms with Crippen LogP contribution in [0.2, 0.25) is 5.15 Å². The number of aromatic nitrogens is 2. The number of carboxylic acids is 1. The summed E-state index contributed by atoms with van der Waals surface area (Å²) in [6.07, 6.45) is 0. The van der Waals surface area contributed by atoms with Gasteiger partial charge in [-0.1, -0.05) is 11.6 Å². The molecule has 0 spiro atoms. The first-order valence-corrected chi connectivity index (χ1v) is 3.28. The van der Waals surface area contributed by atoms with Gasteiger partial charge in [-0.15, -0.1) is 0 Å². The lowest BCUT2D eigenvalue weighted by atomic mass is 10.4. The minimum atomic E-state index is -3.26. The van der Waals surface area contributed by atoms with Crippen molar-refractivity contribution in [3.8, 4) is 0 Å². The summed E-state index contributed by atoms with van der Waals surface area (Å²) in [5.74, 6) is -3.40. The third kappa shape index (κ3) is 1.59. The van der Waals surface area contributed by atoms with Crippen molar-refractivity contribution in [3.63, 3.8) is 0 Å². The van der Waals surface area contributed by atoms with Gasteiger partial charge in [-0.2, -0.15) is 23.0 Å². The topological polar surface area (TPSA) is 55.1 Å². The summed E-state index contributed by atoms with van der Waals surface area (Å²) >= 11 is 5.10. The van der Waals surface area contributed by atoms with Crippen LogP contribution in [0.15, 0.2) is 0 Å². The van der Waals surface area contributed by atoms with Crippen LogP contribution in [0.4, 0.5) is 13.2 Å². The summed E-state index contributed by atoms with van der Waals surface area (Å²) in [5.41, 5.74) is -1.05. The van der Waals surface area contributed by atoms with Crippen LogP contribution in [-0.4, -0.2) is 20.9 Å². The van der Waals surface area contributed by atoms with Gasteiger partial charge >= 0.3 is 12.5 Å². The average Bonchev–Trinajstić information content (AvgIpc) is 2.26. The molecule has 1 aromatic rings. The standard InChI is InChI=1S/C5H2ClF3N2O2/c6-2-1(4(12)13)3(7)11(10-2)5(8)9/h5H,(H,12,13). The molecule has 0 amide bonds. The Morgan fingerprint density at radius 2 is 2.15 bits per heavy atom. The van der Waals surface area contributed by atoms with Crippen LogP contribution >= 0.6 is 11.6 Å². The second-order valence-corrected chi connectivity index (χ2v) is 2.34. The zero-order valence-corrected chi connectivity index (χ0v) is 6.60. The third-order valence-electron chi connectivity index (χ3n) is 1.21. The van der Waals surface area contributed by atoms with E-state index in [0.29, 0.717) is 0 Å². The number of aromatic carboxylic acids is 1. The van der Waals surface area contributed by atoms with Gasteiger partial charge in [-0.05, 0) is 0 Å². The van der Waals surface area contributed by atoms with E-state index in [2.05, 4.69) is 5.10 Å². The van der Waals surface area contributed by atoms with Gasteiger partial charge in [0.25, 0.3) is 0 Å². The van der Waals surface area contributed by atoms with Crippen molar-refractivity contribution in [2.75, 3.05) is 0 Å². The first-order chi connectivity index (χ1) is 5.95. The number of alkyl halides is 2. The van der Waals surface area contributed by atoms with Crippen molar-refractivity contribution >= 4 is 17.6 Å². The van der Waals surface area contributed by atoms with Gasteiger partial charge in [-0.3, -0.25) is 0 Å². The molecular formula is C5H2ClF3N2O2. The van der Waals surface area contributed by atoms with Crippen LogP contribution in [0.25, 0.3) is 0 Å². The predicted octanol–water partition coefficient (Wildman–Crippen LogP) is 1.77. The highest BCUT2D eigenvalue weighted by atomic mass is 35.5. The molecule has 8 heteroatoms. The van der Waals surface area contributed by atoms with E-state index < -0.39 is 33.9 Å². The lowest BCUT2D eigenvalue weighted by Gasteiger charge is -1.97. The van der Waals surface area contributed by atoms with Gasteiger partial charge in [-0.25, -0.2) is 4.79 Å². The SMILES string of the molecule is O=C(O)c1c(Cl)nn(C(F)F)c1F. The van der Waals surface area contributed by atoms with E-state index in [1.807, 2.05) is 0 Å². The highest BCUT2D eigenvalue weighted by molar-refractivity contribution is 6.32. The minimum Gasteiger partial charge on any atom is -0.477 e. The molecule has 72 valence electrons. The van der Waals surface area contributed by atoms with Crippen molar-refractivity contribution in [3.05, 3.63) is 16.7 Å². The van der Waals surface area contributed by atoms with Crippen molar-refractivity contribution in [1.29, 1.82) is 0 Å². The molecule has 0 bridgehead atoms. The summed E-state index contributed by atoms with van der Waals surface area (Å²) in [6, 6.07) is 0. The lowest BCUT2D eigenvalue weighted by molar-refractivity contribution is 0.0432. The number of nitrogens with zero attached hydrogens (tertiary/aromatic N) is 2. The maximum absolute atomic E-state index is 12.8. The summed E-state index contributed by atoms with van der Waals surface area (Å²) in [7, 11) is 0. The predicted molar refractivity (Wildman–Crippen MR) is 35.4 cm³/mol. The Kier molecular flexibility index (Phi) is 2.46. The molecule has 0 saturated carbocycles. The van der Waals surface area contributed by atoms with Gasteiger partial charge in [0.1, 0.15) is 0 Å². The zero-order chi connectivity index (χ0) is 10.2. The van der Waals surface area contributed by atoms with E-state index in [0.717, 1.165) is 0 Å². The number of hydrogen-bond donors (Lipinski definition) is 1. The molecule has 1 aromatic heterocycles. The van der Waals surface area contributed by atoms with Gasteiger partial charge < -0.3 is 5.11 Å². The summed E-state index contributed by atoms with van der Waals surface area (Å²) in [5, 5.41) is 10.3. The second kappa shape index (κ2) is 3.25. The lowest BCUT2D eigenvalue weighted by Crippen LogP contribution is -2.06. The molecule has 0 fully saturated rings. The fraction of sp³-hybridized carbons (Fsp3) is 0.200. The summed E-state index contributed by atoms with van der Waals surface area (Å²) in [6.45, 7) is -3.26. The van der Waals surface area contributed by atoms with E-state index in [9.17, 15) is 18.0 Å². The van der Waals surface area contributed by atoms with Crippen LogP contribution in [0.3, 0.4) is 0 Å². The number of hydrogen-bond acceptors (Lipinski definition) is 2. The Labute approximate surface area is 74.5 Å². The first kappa shape index (κ1) is 9.85. The van der Waals surface area contributed by atoms with E-state index in [-0.39, 0.29) is 0 Å². The van der Waals surface area contributed by atoms with Crippen molar-refractivity contribution in [2.45, 2.75) is 6.55 Å². The molecule has 1 N–H and O–H groups in total. The van der Waals surface area contributed by atoms with Gasteiger partial charge in [0.2, 0.25) is 5.95 Å². The molecule has 1 rings (SSSR count). The molecule has 0 radical (unpaired) electrons. The Morgan fingerprint density at radius 1 is 1.62 bits per heavy atom. The van der Waals surface area contributed by atoms with E-state index in [1.165, 1.54) is 0 Å². The quantitative estimate of drug-likeness (QED) is 0.816. The summed E-state index contributed by atoms with van der Waals surface area (Å²) < 4.78 is 36.1. The van der Waals surface area contributed by atoms with Gasteiger partial charge in [0, 0.05) is 0 Å². The van der Waals surface area contributed by atoms with Crippen LogP contribution in [0.1, 0.15) is 16.9 Å². The fourth-order valence-corrected chi connectivity index (χ4v) is 0.934. The number of halogens is 4. The minimum absolute atomic E-state index is 0.397. The zero-order valence-electron chi connectivity index (χ0n) is 5.84. The smallest absolute Gasteiger partial charge is 0.343 e. The molecule has 13 heavy (non-hydrogen) atoms. The first-order valence-electron chi connectivity index (χ1n) is 2.90. The Bertz CT molecular complexity index is 352. The molecule has 0 atom stereocenters. The molecule has 0 unspecified atom stereocenters. The molecule has 0 aliphatic carbocycles. The molecule has 0 saturated heterocycles. The van der Waals surface area contributed by atoms with Crippen molar-refractivity contribution < 1.29 is 23.1 Å². The Balaban J connectivity index is 3.30.